The molecule has 92 valence electrons. The highest BCUT2D eigenvalue weighted by Crippen LogP contribution is 2.23. The molecule has 1 aliphatic heterocycles. The number of carbonyl (C=O) groups excluding carboxylic acids is 1. The van der Waals surface area contributed by atoms with Crippen LogP contribution in [-0.2, 0) is 16.1 Å². The van der Waals surface area contributed by atoms with Crippen molar-refractivity contribution in [1.82, 2.24) is 4.90 Å². The van der Waals surface area contributed by atoms with E-state index in [2.05, 4.69) is 0 Å². The molecule has 1 N–H and O–H groups in total. The number of nitrogens with zero attached hydrogens (tertiary/aromatic N) is 1. The summed E-state index contributed by atoms with van der Waals surface area (Å²) in [6.07, 6.45) is -1.37. The van der Waals surface area contributed by atoms with Crippen LogP contribution in [0.5, 0.6) is 0 Å². The molecule has 0 spiro atoms. The maximum Gasteiger partial charge on any atom is 0.279 e. The van der Waals surface area contributed by atoms with Crippen molar-refractivity contribution in [2.45, 2.75) is 12.8 Å². The molecule has 4 nitrogen and oxygen atoms in total. The molecule has 0 aromatic heterocycles. The monoisotopic (exact) mass is 275 g/mol. The van der Waals surface area contributed by atoms with Crippen LogP contribution in [-0.4, -0.2) is 35.4 Å². The second-order valence-corrected chi connectivity index (χ2v) is 4.56. The summed E-state index contributed by atoms with van der Waals surface area (Å²) in [5.74, 6) is -0.442. The van der Waals surface area contributed by atoms with E-state index in [1.807, 2.05) is 0 Å². The van der Waals surface area contributed by atoms with Crippen molar-refractivity contribution in [3.63, 3.8) is 0 Å². The molecule has 1 heterocycles. The zero-order chi connectivity index (χ0) is 12.4. The first-order chi connectivity index (χ1) is 8.08. The van der Waals surface area contributed by atoms with E-state index in [0.717, 1.165) is 5.56 Å². The normalized spacial score (nSPS) is 20.8. The average molecular weight is 276 g/mol. The van der Waals surface area contributed by atoms with Gasteiger partial charge in [-0.3, -0.25) is 4.79 Å². The van der Waals surface area contributed by atoms with Gasteiger partial charge in [-0.1, -0.05) is 29.3 Å². The van der Waals surface area contributed by atoms with Crippen molar-refractivity contribution in [3.8, 4) is 0 Å². The number of benzene rings is 1. The Morgan fingerprint density at radius 3 is 2.94 bits per heavy atom. The van der Waals surface area contributed by atoms with Crippen molar-refractivity contribution in [2.75, 3.05) is 13.2 Å². The van der Waals surface area contributed by atoms with Crippen LogP contribution in [0.25, 0.3) is 0 Å². The van der Waals surface area contributed by atoms with E-state index in [9.17, 15) is 9.90 Å². The molecule has 0 unspecified atom stereocenters. The first-order valence-electron chi connectivity index (χ1n) is 5.10. The predicted molar refractivity (Wildman–Crippen MR) is 63.8 cm³/mol. The highest BCUT2D eigenvalue weighted by molar-refractivity contribution is 6.35. The van der Waals surface area contributed by atoms with Gasteiger partial charge in [-0.15, -0.1) is 0 Å². The Hall–Kier alpha value is -0.810. The lowest BCUT2D eigenvalue weighted by atomic mass is 10.2. The van der Waals surface area contributed by atoms with Gasteiger partial charge in [-0.2, -0.15) is 0 Å². The molecule has 0 saturated carbocycles. The summed E-state index contributed by atoms with van der Waals surface area (Å²) in [5.41, 5.74) is 0.790. The van der Waals surface area contributed by atoms with Crippen LogP contribution in [0.2, 0.25) is 10.0 Å². The number of carbonyl (C=O) groups is 1. The number of aliphatic hydroxyl groups is 1. The molecule has 1 amide bonds. The van der Waals surface area contributed by atoms with Gasteiger partial charge in [0.25, 0.3) is 5.91 Å². The Labute approximate surface area is 109 Å². The fourth-order valence-corrected chi connectivity index (χ4v) is 2.09. The molecule has 17 heavy (non-hydrogen) atoms. The Balaban J connectivity index is 2.12. The number of rotatable bonds is 2. The van der Waals surface area contributed by atoms with Gasteiger partial charge in [0.15, 0.2) is 0 Å². The van der Waals surface area contributed by atoms with E-state index in [1.54, 1.807) is 18.2 Å². The predicted octanol–water partition coefficient (Wildman–Crippen LogP) is 1.67. The van der Waals surface area contributed by atoms with Gasteiger partial charge in [-0.05, 0) is 17.7 Å². The first-order valence-corrected chi connectivity index (χ1v) is 5.86. The molecule has 0 bridgehead atoms. The van der Waals surface area contributed by atoms with Crippen molar-refractivity contribution >= 4 is 29.1 Å². The molecule has 1 aromatic carbocycles. The summed E-state index contributed by atoms with van der Waals surface area (Å²) in [7, 11) is 0. The van der Waals surface area contributed by atoms with E-state index in [4.69, 9.17) is 27.9 Å². The Morgan fingerprint density at radius 1 is 1.47 bits per heavy atom. The lowest BCUT2D eigenvalue weighted by Crippen LogP contribution is -2.47. The van der Waals surface area contributed by atoms with Crippen molar-refractivity contribution in [2.24, 2.45) is 0 Å². The zero-order valence-electron chi connectivity index (χ0n) is 8.90. The van der Waals surface area contributed by atoms with Crippen LogP contribution in [0, 0.1) is 0 Å². The zero-order valence-corrected chi connectivity index (χ0v) is 10.4. The van der Waals surface area contributed by atoms with Crippen molar-refractivity contribution < 1.29 is 14.6 Å². The molecular weight excluding hydrogens is 265 g/mol. The summed E-state index contributed by atoms with van der Waals surface area (Å²) >= 11 is 11.8. The second-order valence-electron chi connectivity index (χ2n) is 3.72. The summed E-state index contributed by atoms with van der Waals surface area (Å²) in [4.78, 5) is 13.1. The van der Waals surface area contributed by atoms with Gasteiger partial charge in [-0.25, -0.2) is 0 Å². The first kappa shape index (κ1) is 12.6. The van der Waals surface area contributed by atoms with Gasteiger partial charge >= 0.3 is 0 Å². The van der Waals surface area contributed by atoms with Crippen LogP contribution in [0.3, 0.4) is 0 Å². The molecule has 2 rings (SSSR count). The fourth-order valence-electron chi connectivity index (χ4n) is 1.62. The third-order valence-electron chi connectivity index (χ3n) is 2.54. The molecular formula is C11H11Cl2NO3. The minimum atomic E-state index is -1.37. The SMILES string of the molecule is O=C1[C@H](O)OCCN1Cc1ccc(Cl)cc1Cl. The number of aliphatic hydroxyl groups excluding tert-OH is 1. The fraction of sp³-hybridized carbons (Fsp3) is 0.364. The van der Waals surface area contributed by atoms with Crippen LogP contribution in [0.1, 0.15) is 5.56 Å². The highest BCUT2D eigenvalue weighted by Gasteiger charge is 2.27. The quantitative estimate of drug-likeness (QED) is 0.894. The number of hydrogen-bond acceptors (Lipinski definition) is 3. The number of amides is 1. The topological polar surface area (TPSA) is 49.8 Å². The van der Waals surface area contributed by atoms with Gasteiger partial charge in [0.05, 0.1) is 6.61 Å². The number of hydrogen-bond donors (Lipinski definition) is 1. The van der Waals surface area contributed by atoms with Crippen LogP contribution < -0.4 is 0 Å². The van der Waals surface area contributed by atoms with Gasteiger partial charge in [0.2, 0.25) is 6.29 Å². The molecule has 0 radical (unpaired) electrons. The minimum absolute atomic E-state index is 0.318. The third kappa shape index (κ3) is 2.90. The molecule has 1 fully saturated rings. The van der Waals surface area contributed by atoms with E-state index in [1.165, 1.54) is 4.90 Å². The van der Waals surface area contributed by atoms with Crippen LogP contribution >= 0.6 is 23.2 Å². The Morgan fingerprint density at radius 2 is 2.24 bits per heavy atom. The molecule has 1 atom stereocenters. The van der Waals surface area contributed by atoms with Gasteiger partial charge in [0, 0.05) is 23.1 Å². The maximum atomic E-state index is 11.6. The maximum absolute atomic E-state index is 11.6. The van der Waals surface area contributed by atoms with Crippen molar-refractivity contribution in [3.05, 3.63) is 33.8 Å². The summed E-state index contributed by atoms with van der Waals surface area (Å²) in [6, 6.07) is 5.10. The summed E-state index contributed by atoms with van der Waals surface area (Å²) in [6.45, 7) is 1.10. The number of morpholine rings is 1. The number of halogens is 2. The summed E-state index contributed by atoms with van der Waals surface area (Å²) < 4.78 is 4.82. The Kier molecular flexibility index (Phi) is 3.89. The van der Waals surface area contributed by atoms with E-state index in [-0.39, 0.29) is 0 Å². The Bertz CT molecular complexity index is 439. The highest BCUT2D eigenvalue weighted by atomic mass is 35.5. The van der Waals surface area contributed by atoms with Crippen LogP contribution in [0.15, 0.2) is 18.2 Å². The smallest absolute Gasteiger partial charge is 0.279 e. The third-order valence-corrected chi connectivity index (χ3v) is 3.12. The van der Waals surface area contributed by atoms with E-state index in [0.29, 0.717) is 29.7 Å². The molecule has 1 aliphatic rings. The summed E-state index contributed by atoms with van der Waals surface area (Å²) in [5, 5.41) is 10.3. The number of ether oxygens (including phenoxy) is 1. The standard InChI is InChI=1S/C11H11Cl2NO3/c12-8-2-1-7(9(13)5-8)6-14-3-4-17-11(16)10(14)15/h1-2,5,11,16H,3-4,6H2/t11-/m1/s1. The lowest BCUT2D eigenvalue weighted by molar-refractivity contribution is -0.184. The van der Waals surface area contributed by atoms with Gasteiger partial charge < -0.3 is 14.7 Å². The minimum Gasteiger partial charge on any atom is -0.361 e. The molecule has 1 aromatic rings. The molecule has 1 saturated heterocycles. The molecule has 6 heteroatoms. The van der Waals surface area contributed by atoms with Gasteiger partial charge in [0.1, 0.15) is 0 Å². The average Bonchev–Trinajstić information content (AvgIpc) is 2.28. The largest absolute Gasteiger partial charge is 0.361 e. The lowest BCUT2D eigenvalue weighted by Gasteiger charge is -2.30. The second kappa shape index (κ2) is 5.23. The van der Waals surface area contributed by atoms with E-state index < -0.39 is 12.2 Å². The van der Waals surface area contributed by atoms with Crippen LogP contribution in [0.4, 0.5) is 0 Å². The van der Waals surface area contributed by atoms with Crippen molar-refractivity contribution in [1.29, 1.82) is 0 Å². The molecule has 0 aliphatic carbocycles. The van der Waals surface area contributed by atoms with E-state index >= 15 is 0 Å².